The number of hydrogen-bond acceptors (Lipinski definition) is 4. The number of rotatable bonds is 4. The highest BCUT2D eigenvalue weighted by Gasteiger charge is 2.19. The number of para-hydroxylation sites is 1. The SMILES string of the molecule is CCc1cccc(C)c1NC(=O)c1cnc(N2CCCC(C)C2)nc1. The number of aromatic nitrogens is 2. The quantitative estimate of drug-likeness (QED) is 0.920. The van der Waals surface area contributed by atoms with Crippen molar-refractivity contribution in [1.29, 1.82) is 0 Å². The molecule has 1 fully saturated rings. The van der Waals surface area contributed by atoms with Gasteiger partial charge in [0.1, 0.15) is 0 Å². The van der Waals surface area contributed by atoms with Gasteiger partial charge in [-0.3, -0.25) is 4.79 Å². The molecular formula is C20H26N4O. The molecule has 3 rings (SSSR count). The highest BCUT2D eigenvalue weighted by atomic mass is 16.1. The maximum Gasteiger partial charge on any atom is 0.258 e. The number of nitrogens with zero attached hydrogens (tertiary/aromatic N) is 3. The summed E-state index contributed by atoms with van der Waals surface area (Å²) in [4.78, 5) is 23.6. The van der Waals surface area contributed by atoms with Gasteiger partial charge >= 0.3 is 0 Å². The molecule has 1 amide bonds. The minimum atomic E-state index is -0.164. The zero-order valence-electron chi connectivity index (χ0n) is 15.2. The summed E-state index contributed by atoms with van der Waals surface area (Å²) in [6, 6.07) is 6.06. The first kappa shape index (κ1) is 17.4. The van der Waals surface area contributed by atoms with Crippen LogP contribution in [0.1, 0.15) is 48.2 Å². The fourth-order valence-electron chi connectivity index (χ4n) is 3.36. The molecule has 25 heavy (non-hydrogen) atoms. The normalized spacial score (nSPS) is 17.4. The number of hydrogen-bond donors (Lipinski definition) is 1. The van der Waals surface area contributed by atoms with E-state index in [4.69, 9.17) is 0 Å². The Bertz CT molecular complexity index is 742. The van der Waals surface area contributed by atoms with Gasteiger partial charge in [-0.1, -0.05) is 32.0 Å². The van der Waals surface area contributed by atoms with Gasteiger partial charge in [-0.15, -0.1) is 0 Å². The fraction of sp³-hybridized carbons (Fsp3) is 0.450. The lowest BCUT2D eigenvalue weighted by atomic mass is 10.0. The van der Waals surface area contributed by atoms with Gasteiger partial charge in [0.05, 0.1) is 5.56 Å². The van der Waals surface area contributed by atoms with Gasteiger partial charge < -0.3 is 10.2 Å². The number of piperidine rings is 1. The lowest BCUT2D eigenvalue weighted by Crippen LogP contribution is -2.35. The maximum absolute atomic E-state index is 12.6. The van der Waals surface area contributed by atoms with Gasteiger partial charge in [0.15, 0.2) is 0 Å². The number of nitrogens with one attached hydrogen (secondary N) is 1. The van der Waals surface area contributed by atoms with Gasteiger partial charge in [-0.25, -0.2) is 9.97 Å². The Labute approximate surface area is 149 Å². The molecule has 0 saturated carbocycles. The van der Waals surface area contributed by atoms with Crippen LogP contribution in [0.2, 0.25) is 0 Å². The topological polar surface area (TPSA) is 58.1 Å². The first-order valence-electron chi connectivity index (χ1n) is 9.05. The third-order valence-corrected chi connectivity index (χ3v) is 4.82. The van der Waals surface area contributed by atoms with Crippen LogP contribution in [0.15, 0.2) is 30.6 Å². The van der Waals surface area contributed by atoms with Crippen LogP contribution in [0.4, 0.5) is 11.6 Å². The maximum atomic E-state index is 12.6. The molecule has 2 heterocycles. The summed E-state index contributed by atoms with van der Waals surface area (Å²) in [6.07, 6.45) is 6.55. The van der Waals surface area contributed by atoms with E-state index in [9.17, 15) is 4.79 Å². The summed E-state index contributed by atoms with van der Waals surface area (Å²) in [6.45, 7) is 8.31. The van der Waals surface area contributed by atoms with Crippen molar-refractivity contribution in [3.8, 4) is 0 Å². The Hall–Kier alpha value is -2.43. The Morgan fingerprint density at radius 1 is 1.32 bits per heavy atom. The van der Waals surface area contributed by atoms with Gasteiger partial charge in [-0.05, 0) is 43.2 Å². The molecular weight excluding hydrogens is 312 g/mol. The molecule has 0 radical (unpaired) electrons. The van der Waals surface area contributed by atoms with Gasteiger partial charge in [0.25, 0.3) is 5.91 Å². The Balaban J connectivity index is 1.73. The second-order valence-electron chi connectivity index (χ2n) is 6.88. The molecule has 1 aliphatic rings. The zero-order valence-corrected chi connectivity index (χ0v) is 15.2. The van der Waals surface area contributed by atoms with E-state index in [0.717, 1.165) is 36.3 Å². The van der Waals surface area contributed by atoms with Crippen molar-refractivity contribution in [2.75, 3.05) is 23.3 Å². The van der Waals surface area contributed by atoms with Crippen LogP contribution < -0.4 is 10.2 Å². The van der Waals surface area contributed by atoms with E-state index < -0.39 is 0 Å². The van der Waals surface area contributed by atoms with Crippen molar-refractivity contribution in [2.45, 2.75) is 40.0 Å². The number of anilines is 2. The molecule has 1 aromatic carbocycles. The lowest BCUT2D eigenvalue weighted by Gasteiger charge is -2.30. The van der Waals surface area contributed by atoms with Gasteiger partial charge in [-0.2, -0.15) is 0 Å². The standard InChI is InChI=1S/C20H26N4O/c1-4-16-9-5-8-15(3)18(16)23-19(25)17-11-21-20(22-12-17)24-10-6-7-14(2)13-24/h5,8-9,11-12,14H,4,6-7,10,13H2,1-3H3,(H,23,25). The molecule has 0 bridgehead atoms. The fourth-order valence-corrected chi connectivity index (χ4v) is 3.36. The monoisotopic (exact) mass is 338 g/mol. The Morgan fingerprint density at radius 3 is 2.76 bits per heavy atom. The third kappa shape index (κ3) is 3.98. The van der Waals surface area contributed by atoms with Crippen molar-refractivity contribution in [3.05, 3.63) is 47.3 Å². The smallest absolute Gasteiger partial charge is 0.258 e. The van der Waals surface area contributed by atoms with Crippen LogP contribution in [-0.2, 0) is 6.42 Å². The summed E-state index contributed by atoms with van der Waals surface area (Å²) in [7, 11) is 0. The summed E-state index contributed by atoms with van der Waals surface area (Å²) in [5.41, 5.74) is 3.57. The van der Waals surface area contributed by atoms with Crippen molar-refractivity contribution in [3.63, 3.8) is 0 Å². The molecule has 0 aliphatic carbocycles. The highest BCUT2D eigenvalue weighted by molar-refractivity contribution is 6.04. The average molecular weight is 338 g/mol. The van der Waals surface area contributed by atoms with E-state index in [1.807, 2.05) is 25.1 Å². The van der Waals surface area contributed by atoms with E-state index in [-0.39, 0.29) is 5.91 Å². The Morgan fingerprint density at radius 2 is 2.08 bits per heavy atom. The number of benzene rings is 1. The van der Waals surface area contributed by atoms with Crippen molar-refractivity contribution < 1.29 is 4.79 Å². The summed E-state index contributed by atoms with van der Waals surface area (Å²) >= 11 is 0. The van der Waals surface area contributed by atoms with Crippen LogP contribution in [-0.4, -0.2) is 29.0 Å². The summed E-state index contributed by atoms with van der Waals surface area (Å²) in [5.74, 6) is 1.21. The van der Waals surface area contributed by atoms with Crippen LogP contribution in [0.3, 0.4) is 0 Å². The lowest BCUT2D eigenvalue weighted by molar-refractivity contribution is 0.102. The molecule has 1 unspecified atom stereocenters. The minimum absolute atomic E-state index is 0.164. The second-order valence-corrected chi connectivity index (χ2v) is 6.88. The Kier molecular flexibility index (Phi) is 5.31. The van der Waals surface area contributed by atoms with Crippen LogP contribution in [0.25, 0.3) is 0 Å². The van der Waals surface area contributed by atoms with E-state index in [0.29, 0.717) is 17.4 Å². The van der Waals surface area contributed by atoms with Crippen molar-refractivity contribution in [1.82, 2.24) is 9.97 Å². The predicted molar refractivity (Wildman–Crippen MR) is 101 cm³/mol. The molecule has 1 atom stereocenters. The van der Waals surface area contributed by atoms with Crippen LogP contribution in [0, 0.1) is 12.8 Å². The summed E-state index contributed by atoms with van der Waals surface area (Å²) < 4.78 is 0. The number of carbonyl (C=O) groups is 1. The molecule has 1 N–H and O–H groups in total. The number of carbonyl (C=O) groups excluding carboxylic acids is 1. The molecule has 1 saturated heterocycles. The van der Waals surface area contributed by atoms with Gasteiger partial charge in [0, 0.05) is 31.2 Å². The van der Waals surface area contributed by atoms with Crippen LogP contribution >= 0.6 is 0 Å². The van der Waals surface area contributed by atoms with Crippen LogP contribution in [0.5, 0.6) is 0 Å². The largest absolute Gasteiger partial charge is 0.341 e. The van der Waals surface area contributed by atoms with Crippen molar-refractivity contribution in [2.24, 2.45) is 5.92 Å². The predicted octanol–water partition coefficient (Wildman–Crippen LogP) is 3.84. The number of amides is 1. The van der Waals surface area contributed by atoms with Gasteiger partial charge in [0.2, 0.25) is 5.95 Å². The molecule has 0 spiro atoms. The van der Waals surface area contributed by atoms with E-state index >= 15 is 0 Å². The average Bonchev–Trinajstić information content (AvgIpc) is 2.63. The molecule has 132 valence electrons. The molecule has 1 aromatic heterocycles. The molecule has 2 aromatic rings. The minimum Gasteiger partial charge on any atom is -0.341 e. The first-order valence-corrected chi connectivity index (χ1v) is 9.05. The zero-order chi connectivity index (χ0) is 17.8. The highest BCUT2D eigenvalue weighted by Crippen LogP contribution is 2.22. The molecule has 5 heteroatoms. The number of aryl methyl sites for hydroxylation is 2. The third-order valence-electron chi connectivity index (χ3n) is 4.82. The molecule has 1 aliphatic heterocycles. The first-order chi connectivity index (χ1) is 12.1. The van der Waals surface area contributed by atoms with Crippen molar-refractivity contribution >= 4 is 17.5 Å². The second kappa shape index (κ2) is 7.64. The van der Waals surface area contributed by atoms with E-state index in [1.165, 1.54) is 12.8 Å². The van der Waals surface area contributed by atoms with E-state index in [2.05, 4.69) is 34.0 Å². The molecule has 5 nitrogen and oxygen atoms in total. The van der Waals surface area contributed by atoms with E-state index in [1.54, 1.807) is 12.4 Å². The summed E-state index contributed by atoms with van der Waals surface area (Å²) in [5, 5.41) is 3.02.